The van der Waals surface area contributed by atoms with Crippen LogP contribution in [0.15, 0.2) is 65.1 Å². The smallest absolute Gasteiger partial charge is 0.128 e. The van der Waals surface area contributed by atoms with Crippen molar-refractivity contribution < 1.29 is 5.11 Å². The molecule has 1 unspecified atom stereocenters. The summed E-state index contributed by atoms with van der Waals surface area (Å²) in [5.74, 6) is 0.350. The van der Waals surface area contributed by atoms with Gasteiger partial charge in [0.05, 0.1) is 6.04 Å². The summed E-state index contributed by atoms with van der Waals surface area (Å²) in [5.41, 5.74) is 1.91. The van der Waals surface area contributed by atoms with Gasteiger partial charge in [0.25, 0.3) is 0 Å². The zero-order chi connectivity index (χ0) is 14.8. The van der Waals surface area contributed by atoms with Crippen LogP contribution in [0.1, 0.15) is 18.5 Å². The summed E-state index contributed by atoms with van der Waals surface area (Å²) in [4.78, 5) is 0. The van der Waals surface area contributed by atoms with E-state index in [0.717, 1.165) is 26.5 Å². The second kappa shape index (κ2) is 5.78. The maximum absolute atomic E-state index is 10.5. The molecule has 3 heteroatoms. The molecule has 1 atom stereocenters. The second-order valence-electron chi connectivity index (χ2n) is 5.10. The maximum Gasteiger partial charge on any atom is 0.128 e. The van der Waals surface area contributed by atoms with Gasteiger partial charge in [-0.25, -0.2) is 0 Å². The number of anilines is 1. The van der Waals surface area contributed by atoms with E-state index >= 15 is 0 Å². The van der Waals surface area contributed by atoms with Gasteiger partial charge >= 0.3 is 0 Å². The van der Waals surface area contributed by atoms with Gasteiger partial charge in [0.2, 0.25) is 0 Å². The Bertz CT molecular complexity index is 785. The number of phenolic OH excluding ortho intramolecular Hbond substituents is 1. The highest BCUT2D eigenvalue weighted by molar-refractivity contribution is 9.10. The van der Waals surface area contributed by atoms with Crippen LogP contribution in [0.3, 0.4) is 0 Å². The van der Waals surface area contributed by atoms with Gasteiger partial charge < -0.3 is 10.4 Å². The molecule has 21 heavy (non-hydrogen) atoms. The van der Waals surface area contributed by atoms with Crippen LogP contribution in [0.5, 0.6) is 5.75 Å². The molecule has 0 spiro atoms. The summed E-state index contributed by atoms with van der Waals surface area (Å²) in [6, 6.07) is 19.9. The van der Waals surface area contributed by atoms with Crippen molar-refractivity contribution in [1.29, 1.82) is 0 Å². The van der Waals surface area contributed by atoms with Crippen LogP contribution >= 0.6 is 15.9 Å². The fourth-order valence-corrected chi connectivity index (χ4v) is 2.93. The Morgan fingerprint density at radius 3 is 2.62 bits per heavy atom. The predicted molar refractivity (Wildman–Crippen MR) is 91.8 cm³/mol. The van der Waals surface area contributed by atoms with Crippen LogP contribution < -0.4 is 5.32 Å². The molecule has 0 aliphatic rings. The first-order valence-corrected chi connectivity index (χ1v) is 7.67. The van der Waals surface area contributed by atoms with Crippen molar-refractivity contribution in [2.75, 3.05) is 5.32 Å². The third-order valence-corrected chi connectivity index (χ3v) is 4.10. The largest absolute Gasteiger partial charge is 0.507 e. The van der Waals surface area contributed by atoms with Gasteiger partial charge in [0, 0.05) is 21.1 Å². The van der Waals surface area contributed by atoms with Crippen molar-refractivity contribution >= 4 is 32.4 Å². The Hall–Kier alpha value is -2.00. The Morgan fingerprint density at radius 2 is 1.81 bits per heavy atom. The standard InChI is InChI=1S/C18H16BrNO/c1-12(20-15-7-4-6-14(19)11-15)16-10-9-13-5-2-3-8-17(13)18(16)21/h2-12,20-21H,1H3. The summed E-state index contributed by atoms with van der Waals surface area (Å²) >= 11 is 3.47. The van der Waals surface area contributed by atoms with Crippen molar-refractivity contribution in [3.8, 4) is 5.75 Å². The average molecular weight is 342 g/mol. The highest BCUT2D eigenvalue weighted by Crippen LogP contribution is 2.34. The second-order valence-corrected chi connectivity index (χ2v) is 6.02. The molecule has 0 radical (unpaired) electrons. The van der Waals surface area contributed by atoms with Crippen molar-refractivity contribution in [3.05, 3.63) is 70.7 Å². The SMILES string of the molecule is CC(Nc1cccc(Br)c1)c1ccc2ccccc2c1O. The summed E-state index contributed by atoms with van der Waals surface area (Å²) < 4.78 is 1.03. The van der Waals surface area contributed by atoms with E-state index in [1.165, 1.54) is 0 Å². The molecule has 0 saturated heterocycles. The molecule has 0 amide bonds. The van der Waals surface area contributed by atoms with E-state index < -0.39 is 0 Å². The van der Waals surface area contributed by atoms with E-state index in [2.05, 4.69) is 21.2 Å². The van der Waals surface area contributed by atoms with Crippen molar-refractivity contribution in [3.63, 3.8) is 0 Å². The molecule has 0 fully saturated rings. The quantitative estimate of drug-likeness (QED) is 0.660. The zero-order valence-electron chi connectivity index (χ0n) is 11.7. The fourth-order valence-electron chi connectivity index (χ4n) is 2.53. The number of rotatable bonds is 3. The lowest BCUT2D eigenvalue weighted by Gasteiger charge is -2.18. The molecule has 0 aromatic heterocycles. The molecular weight excluding hydrogens is 326 g/mol. The lowest BCUT2D eigenvalue weighted by molar-refractivity contribution is 0.472. The number of nitrogens with one attached hydrogen (secondary N) is 1. The molecule has 0 saturated carbocycles. The minimum atomic E-state index is 0.0175. The van der Waals surface area contributed by atoms with Gasteiger partial charge in [-0.1, -0.05) is 58.4 Å². The Morgan fingerprint density at radius 1 is 1.00 bits per heavy atom. The van der Waals surface area contributed by atoms with Gasteiger partial charge in [0.15, 0.2) is 0 Å². The monoisotopic (exact) mass is 341 g/mol. The lowest BCUT2D eigenvalue weighted by atomic mass is 10.0. The first kappa shape index (κ1) is 14.0. The molecule has 0 bridgehead atoms. The number of hydrogen-bond donors (Lipinski definition) is 2. The number of fused-ring (bicyclic) bond motifs is 1. The van der Waals surface area contributed by atoms with Crippen LogP contribution in [0.2, 0.25) is 0 Å². The summed E-state index contributed by atoms with van der Waals surface area (Å²) in [5, 5.41) is 15.9. The zero-order valence-corrected chi connectivity index (χ0v) is 13.3. The molecule has 0 heterocycles. The van der Waals surface area contributed by atoms with E-state index in [4.69, 9.17) is 0 Å². The van der Waals surface area contributed by atoms with E-state index in [1.54, 1.807) is 0 Å². The number of hydrogen-bond acceptors (Lipinski definition) is 2. The molecule has 2 N–H and O–H groups in total. The Balaban J connectivity index is 1.94. The molecule has 2 nitrogen and oxygen atoms in total. The molecule has 3 aromatic rings. The first-order chi connectivity index (χ1) is 10.1. The third kappa shape index (κ3) is 2.88. The van der Waals surface area contributed by atoms with E-state index in [0.29, 0.717) is 5.75 Å². The predicted octanol–water partition coefficient (Wildman–Crippen LogP) is 5.48. The van der Waals surface area contributed by atoms with Crippen LogP contribution in [0.25, 0.3) is 10.8 Å². The molecule has 0 aliphatic carbocycles. The normalized spacial score (nSPS) is 12.3. The summed E-state index contributed by atoms with van der Waals surface area (Å²) in [6.45, 7) is 2.05. The minimum Gasteiger partial charge on any atom is -0.507 e. The average Bonchev–Trinajstić information content (AvgIpc) is 2.48. The molecule has 3 rings (SSSR count). The van der Waals surface area contributed by atoms with E-state index in [9.17, 15) is 5.11 Å². The molecule has 3 aromatic carbocycles. The number of phenols is 1. The van der Waals surface area contributed by atoms with Gasteiger partial charge in [0.1, 0.15) is 5.75 Å². The van der Waals surface area contributed by atoms with Crippen molar-refractivity contribution in [2.24, 2.45) is 0 Å². The minimum absolute atomic E-state index is 0.0175. The van der Waals surface area contributed by atoms with Crippen molar-refractivity contribution in [1.82, 2.24) is 0 Å². The van der Waals surface area contributed by atoms with Crippen LogP contribution in [-0.2, 0) is 0 Å². The first-order valence-electron chi connectivity index (χ1n) is 6.88. The van der Waals surface area contributed by atoms with Gasteiger partial charge in [-0.2, -0.15) is 0 Å². The van der Waals surface area contributed by atoms with Crippen LogP contribution in [0.4, 0.5) is 5.69 Å². The third-order valence-electron chi connectivity index (χ3n) is 3.61. The van der Waals surface area contributed by atoms with E-state index in [-0.39, 0.29) is 6.04 Å². The Labute approximate surface area is 132 Å². The Kier molecular flexibility index (Phi) is 3.84. The van der Waals surface area contributed by atoms with E-state index in [1.807, 2.05) is 67.6 Å². The topological polar surface area (TPSA) is 32.3 Å². The summed E-state index contributed by atoms with van der Waals surface area (Å²) in [7, 11) is 0. The van der Waals surface area contributed by atoms with Crippen LogP contribution in [0, 0.1) is 0 Å². The number of aromatic hydroxyl groups is 1. The van der Waals surface area contributed by atoms with Gasteiger partial charge in [-0.3, -0.25) is 0 Å². The number of benzene rings is 3. The lowest BCUT2D eigenvalue weighted by Crippen LogP contribution is -2.06. The highest BCUT2D eigenvalue weighted by atomic mass is 79.9. The molecule has 0 aliphatic heterocycles. The highest BCUT2D eigenvalue weighted by Gasteiger charge is 2.12. The summed E-state index contributed by atoms with van der Waals surface area (Å²) in [6.07, 6.45) is 0. The fraction of sp³-hybridized carbons (Fsp3) is 0.111. The van der Waals surface area contributed by atoms with Crippen molar-refractivity contribution in [2.45, 2.75) is 13.0 Å². The number of halogens is 1. The van der Waals surface area contributed by atoms with Gasteiger partial charge in [-0.05, 0) is 30.5 Å². The molecular formula is C18H16BrNO. The van der Waals surface area contributed by atoms with Gasteiger partial charge in [-0.15, -0.1) is 0 Å². The van der Waals surface area contributed by atoms with Crippen LogP contribution in [-0.4, -0.2) is 5.11 Å². The molecule has 106 valence electrons. The maximum atomic E-state index is 10.5.